The van der Waals surface area contributed by atoms with Gasteiger partial charge in [-0.05, 0) is 43.2 Å². The number of hydrogen-bond acceptors (Lipinski definition) is 3. The van der Waals surface area contributed by atoms with E-state index in [2.05, 4.69) is 25.5 Å². The first kappa shape index (κ1) is 19.6. The lowest BCUT2D eigenvalue weighted by Crippen LogP contribution is -2.15. The van der Waals surface area contributed by atoms with Gasteiger partial charge in [-0.15, -0.1) is 0 Å². The maximum Gasteiger partial charge on any atom is 0.416 e. The monoisotopic (exact) mass is 417 g/mol. The van der Waals surface area contributed by atoms with Crippen LogP contribution in [0.15, 0.2) is 36.5 Å². The highest BCUT2D eigenvalue weighted by atomic mass is 19.4. The highest BCUT2D eigenvalue weighted by molar-refractivity contribution is 6.06. The first-order valence-corrected chi connectivity index (χ1v) is 8.83. The average molecular weight is 417 g/mol. The number of nitrogens with zero attached hydrogens (tertiary/aromatic N) is 2. The Morgan fingerprint density at radius 2 is 1.90 bits per heavy atom. The zero-order valence-electron chi connectivity index (χ0n) is 15.8. The van der Waals surface area contributed by atoms with Crippen molar-refractivity contribution >= 4 is 22.6 Å². The zero-order valence-corrected chi connectivity index (χ0v) is 15.8. The number of fused-ring (bicyclic) bond motifs is 1. The second kappa shape index (κ2) is 6.97. The fraction of sp³-hybridized carbons (Fsp3) is 0.150. The van der Waals surface area contributed by atoms with E-state index in [4.69, 9.17) is 0 Å². The van der Waals surface area contributed by atoms with Crippen molar-refractivity contribution in [2.45, 2.75) is 20.0 Å². The Kier molecular flexibility index (Phi) is 4.56. The SMILES string of the molecule is Cc1cccc(F)c1C(=O)Nc1cn[nH]c1-c1nc2c(C)cc(C(F)(F)F)cc2[nH]1. The Labute approximate surface area is 167 Å². The summed E-state index contributed by atoms with van der Waals surface area (Å²) in [5, 5.41) is 9.09. The van der Waals surface area contributed by atoms with E-state index in [0.717, 1.165) is 12.1 Å². The fourth-order valence-corrected chi connectivity index (χ4v) is 3.24. The van der Waals surface area contributed by atoms with Crippen molar-refractivity contribution in [3.63, 3.8) is 0 Å². The van der Waals surface area contributed by atoms with Crippen molar-refractivity contribution in [2.75, 3.05) is 5.32 Å². The van der Waals surface area contributed by atoms with Crippen molar-refractivity contribution in [1.29, 1.82) is 0 Å². The van der Waals surface area contributed by atoms with Crippen LogP contribution in [0.25, 0.3) is 22.6 Å². The molecule has 30 heavy (non-hydrogen) atoms. The van der Waals surface area contributed by atoms with Crippen LogP contribution < -0.4 is 5.32 Å². The van der Waals surface area contributed by atoms with Crippen molar-refractivity contribution in [1.82, 2.24) is 20.2 Å². The maximum absolute atomic E-state index is 14.1. The number of imidazole rings is 1. The van der Waals surface area contributed by atoms with Gasteiger partial charge in [-0.1, -0.05) is 12.1 Å². The maximum atomic E-state index is 14.1. The van der Waals surface area contributed by atoms with Gasteiger partial charge in [0.15, 0.2) is 5.82 Å². The van der Waals surface area contributed by atoms with E-state index in [0.29, 0.717) is 16.6 Å². The van der Waals surface area contributed by atoms with E-state index in [1.807, 2.05) is 0 Å². The lowest BCUT2D eigenvalue weighted by molar-refractivity contribution is -0.137. The summed E-state index contributed by atoms with van der Waals surface area (Å²) in [4.78, 5) is 19.7. The minimum absolute atomic E-state index is 0.111. The van der Waals surface area contributed by atoms with Gasteiger partial charge in [0.2, 0.25) is 0 Å². The second-order valence-electron chi connectivity index (χ2n) is 6.82. The molecule has 6 nitrogen and oxygen atoms in total. The van der Waals surface area contributed by atoms with Gasteiger partial charge in [-0.3, -0.25) is 9.89 Å². The first-order valence-electron chi connectivity index (χ1n) is 8.83. The molecule has 0 bridgehead atoms. The van der Waals surface area contributed by atoms with Gasteiger partial charge in [-0.2, -0.15) is 18.3 Å². The summed E-state index contributed by atoms with van der Waals surface area (Å²) >= 11 is 0. The van der Waals surface area contributed by atoms with E-state index in [9.17, 15) is 22.4 Å². The molecule has 0 fully saturated rings. The predicted octanol–water partition coefficient (Wildman–Crippen LogP) is 4.98. The van der Waals surface area contributed by atoms with Gasteiger partial charge >= 0.3 is 6.18 Å². The third-order valence-electron chi connectivity index (χ3n) is 4.68. The Morgan fingerprint density at radius 3 is 2.60 bits per heavy atom. The standard InChI is InChI=1S/C20H15F4N5O/c1-9-4-3-5-12(21)15(9)19(30)27-14-8-25-29-17(14)18-26-13-7-11(20(22,23)24)6-10(2)16(13)28-18/h3-8H,1-2H3,(H,25,29)(H,26,28)(H,27,30). The molecule has 2 aromatic carbocycles. The lowest BCUT2D eigenvalue weighted by Gasteiger charge is -2.08. The van der Waals surface area contributed by atoms with Crippen molar-refractivity contribution in [2.24, 2.45) is 0 Å². The molecule has 10 heteroatoms. The number of carbonyl (C=O) groups excluding carboxylic acids is 1. The van der Waals surface area contributed by atoms with E-state index < -0.39 is 23.5 Å². The summed E-state index contributed by atoms with van der Waals surface area (Å²) in [7, 11) is 0. The molecule has 154 valence electrons. The van der Waals surface area contributed by atoms with Crippen LogP contribution in [0.1, 0.15) is 27.0 Å². The van der Waals surface area contributed by atoms with Crippen LogP contribution in [0, 0.1) is 19.7 Å². The Balaban J connectivity index is 1.72. The van der Waals surface area contributed by atoms with E-state index in [1.54, 1.807) is 13.0 Å². The zero-order chi connectivity index (χ0) is 21.6. The number of halogens is 4. The van der Waals surface area contributed by atoms with E-state index in [1.165, 1.54) is 25.3 Å². The summed E-state index contributed by atoms with van der Waals surface area (Å²) in [6.45, 7) is 3.13. The van der Waals surface area contributed by atoms with Crippen molar-refractivity contribution < 1.29 is 22.4 Å². The van der Waals surface area contributed by atoms with Crippen molar-refractivity contribution in [3.05, 3.63) is 64.6 Å². The minimum Gasteiger partial charge on any atom is -0.337 e. The predicted molar refractivity (Wildman–Crippen MR) is 103 cm³/mol. The van der Waals surface area contributed by atoms with E-state index in [-0.39, 0.29) is 28.3 Å². The number of anilines is 1. The number of aromatic amines is 2. The molecule has 2 heterocycles. The number of rotatable bonds is 3. The molecule has 0 saturated carbocycles. The van der Waals surface area contributed by atoms with Gasteiger partial charge in [-0.25, -0.2) is 9.37 Å². The van der Waals surface area contributed by atoms with Crippen LogP contribution >= 0.6 is 0 Å². The molecule has 0 atom stereocenters. The topological polar surface area (TPSA) is 86.5 Å². The molecule has 3 N–H and O–H groups in total. The van der Waals surface area contributed by atoms with E-state index >= 15 is 0 Å². The number of alkyl halides is 3. The number of amides is 1. The number of aryl methyl sites for hydroxylation is 2. The first-order chi connectivity index (χ1) is 14.1. The molecule has 0 radical (unpaired) electrons. The Bertz CT molecular complexity index is 1250. The van der Waals surface area contributed by atoms with Crippen molar-refractivity contribution in [3.8, 4) is 11.5 Å². The number of H-pyrrole nitrogens is 2. The van der Waals surface area contributed by atoms with Crippen LogP contribution in [0.5, 0.6) is 0 Å². The Morgan fingerprint density at radius 1 is 1.13 bits per heavy atom. The molecular weight excluding hydrogens is 402 g/mol. The lowest BCUT2D eigenvalue weighted by atomic mass is 10.1. The number of aromatic nitrogens is 4. The van der Waals surface area contributed by atoms with Gasteiger partial charge < -0.3 is 10.3 Å². The molecule has 0 aliphatic carbocycles. The smallest absolute Gasteiger partial charge is 0.337 e. The molecule has 0 unspecified atom stereocenters. The third-order valence-corrected chi connectivity index (χ3v) is 4.68. The third kappa shape index (κ3) is 3.40. The molecule has 0 aliphatic heterocycles. The minimum atomic E-state index is -4.49. The number of benzene rings is 2. The highest BCUT2D eigenvalue weighted by Gasteiger charge is 2.31. The van der Waals surface area contributed by atoms with Gasteiger partial charge in [0.25, 0.3) is 5.91 Å². The average Bonchev–Trinajstić information content (AvgIpc) is 3.27. The number of nitrogens with one attached hydrogen (secondary N) is 3. The quantitative estimate of drug-likeness (QED) is 0.411. The number of carbonyl (C=O) groups is 1. The largest absolute Gasteiger partial charge is 0.416 e. The fourth-order valence-electron chi connectivity index (χ4n) is 3.24. The summed E-state index contributed by atoms with van der Waals surface area (Å²) < 4.78 is 53.3. The van der Waals surface area contributed by atoms with Crippen LogP contribution in [-0.2, 0) is 6.18 Å². The Hall–Kier alpha value is -3.69. The molecule has 1 amide bonds. The van der Waals surface area contributed by atoms with Crippen LogP contribution in [0.3, 0.4) is 0 Å². The molecule has 0 aliphatic rings. The normalized spacial score (nSPS) is 11.8. The second-order valence-corrected chi connectivity index (χ2v) is 6.82. The summed E-state index contributed by atoms with van der Waals surface area (Å²) in [6, 6.07) is 6.27. The summed E-state index contributed by atoms with van der Waals surface area (Å²) in [5.41, 5.74) is 0.891. The van der Waals surface area contributed by atoms with Gasteiger partial charge in [0.05, 0.1) is 34.0 Å². The molecule has 4 aromatic rings. The molecule has 2 aromatic heterocycles. The van der Waals surface area contributed by atoms with Crippen LogP contribution in [0.2, 0.25) is 0 Å². The molecular formula is C20H15F4N5O. The summed E-state index contributed by atoms with van der Waals surface area (Å²) in [5.74, 6) is -1.16. The molecule has 4 rings (SSSR count). The molecule has 0 spiro atoms. The van der Waals surface area contributed by atoms with Crippen LogP contribution in [-0.4, -0.2) is 26.1 Å². The van der Waals surface area contributed by atoms with Gasteiger partial charge in [0, 0.05) is 0 Å². The van der Waals surface area contributed by atoms with Gasteiger partial charge in [0.1, 0.15) is 11.5 Å². The highest BCUT2D eigenvalue weighted by Crippen LogP contribution is 2.34. The number of hydrogen-bond donors (Lipinski definition) is 3. The molecule has 0 saturated heterocycles. The summed E-state index contributed by atoms with van der Waals surface area (Å²) in [6.07, 6.45) is -3.18. The van der Waals surface area contributed by atoms with Crippen LogP contribution in [0.4, 0.5) is 23.2 Å².